The minimum atomic E-state index is -0.599. The van der Waals surface area contributed by atoms with Crippen LogP contribution in [0.2, 0.25) is 0 Å². The average molecular weight is 443 g/mol. The molecule has 0 heterocycles. The van der Waals surface area contributed by atoms with Crippen LogP contribution in [0.25, 0.3) is 0 Å². The fourth-order valence-corrected chi connectivity index (χ4v) is 3.02. The molecule has 0 bridgehead atoms. The Balaban J connectivity index is 1.66. The highest BCUT2D eigenvalue weighted by atomic mass is 16.5. The minimum Gasteiger partial charge on any atom is -0.481 e. The normalized spacial score (nSPS) is 12.7. The highest BCUT2D eigenvalue weighted by molar-refractivity contribution is 5.81. The highest BCUT2D eigenvalue weighted by Gasteiger charge is 2.24. The number of ether oxygens (including phenoxy) is 3. The van der Waals surface area contributed by atoms with Crippen molar-refractivity contribution in [2.24, 2.45) is 0 Å². The van der Waals surface area contributed by atoms with E-state index < -0.39 is 12.2 Å². The van der Waals surface area contributed by atoms with Gasteiger partial charge in [0.25, 0.3) is 11.8 Å². The van der Waals surface area contributed by atoms with Gasteiger partial charge in [-0.1, -0.05) is 36.4 Å². The molecule has 0 spiro atoms. The second kappa shape index (κ2) is 13.4. The van der Waals surface area contributed by atoms with Crippen LogP contribution in [0.1, 0.15) is 27.7 Å². The Morgan fingerprint density at radius 3 is 1.88 bits per heavy atom. The molecular weight excluding hydrogens is 408 g/mol. The fraction of sp³-hybridized carbons (Fsp3) is 0.440. The third-order valence-electron chi connectivity index (χ3n) is 4.76. The van der Waals surface area contributed by atoms with Gasteiger partial charge in [-0.05, 0) is 52.0 Å². The van der Waals surface area contributed by atoms with E-state index in [0.29, 0.717) is 37.8 Å². The number of hydrogen-bond acceptors (Lipinski definition) is 5. The predicted octanol–water partition coefficient (Wildman–Crippen LogP) is 3.29. The molecule has 2 amide bonds. The van der Waals surface area contributed by atoms with Crippen LogP contribution in [0.4, 0.5) is 0 Å². The molecule has 0 aliphatic carbocycles. The van der Waals surface area contributed by atoms with Crippen LogP contribution in [0.15, 0.2) is 60.7 Å². The Hall–Kier alpha value is -3.06. The Kier molecular flexibility index (Phi) is 10.5. The van der Waals surface area contributed by atoms with Gasteiger partial charge in [0, 0.05) is 19.1 Å². The summed E-state index contributed by atoms with van der Waals surface area (Å²) in [7, 11) is 0. The van der Waals surface area contributed by atoms with E-state index in [1.807, 2.05) is 62.4 Å². The van der Waals surface area contributed by atoms with E-state index in [-0.39, 0.29) is 17.9 Å². The molecule has 7 nitrogen and oxygen atoms in total. The van der Waals surface area contributed by atoms with Crippen LogP contribution in [0.3, 0.4) is 0 Å². The standard InChI is InChI=1S/C25H34N2O5/c1-19(2)27(25(29)21(4)32-23-13-9-6-10-14-23)16-18-30-17-15-26-24(28)20(3)31-22-11-7-5-8-12-22/h5-14,19-21H,15-18H2,1-4H3,(H,26,28)/t20-,21-/m0/s1. The Morgan fingerprint density at radius 1 is 0.812 bits per heavy atom. The number of carbonyl (C=O) groups excluding carboxylic acids is 2. The maximum Gasteiger partial charge on any atom is 0.263 e. The zero-order valence-corrected chi connectivity index (χ0v) is 19.3. The van der Waals surface area contributed by atoms with Crippen LogP contribution in [0.5, 0.6) is 11.5 Å². The van der Waals surface area contributed by atoms with E-state index >= 15 is 0 Å². The summed E-state index contributed by atoms with van der Waals surface area (Å²) in [5, 5.41) is 2.79. The number of hydrogen-bond donors (Lipinski definition) is 1. The molecule has 174 valence electrons. The summed E-state index contributed by atoms with van der Waals surface area (Å²) in [6.07, 6.45) is -1.19. The second-order valence-corrected chi connectivity index (χ2v) is 7.68. The number of benzene rings is 2. The molecule has 2 atom stereocenters. The first kappa shape index (κ1) is 25.2. The Bertz CT molecular complexity index is 814. The first-order valence-electron chi connectivity index (χ1n) is 11.0. The van der Waals surface area contributed by atoms with Gasteiger partial charge in [0.1, 0.15) is 11.5 Å². The first-order chi connectivity index (χ1) is 15.4. The molecule has 0 fully saturated rings. The molecule has 0 saturated heterocycles. The summed E-state index contributed by atoms with van der Waals surface area (Å²) in [4.78, 5) is 26.7. The number of para-hydroxylation sites is 2. The van der Waals surface area contributed by atoms with Crippen LogP contribution in [-0.4, -0.2) is 61.3 Å². The minimum absolute atomic E-state index is 0.0172. The Morgan fingerprint density at radius 2 is 1.34 bits per heavy atom. The molecule has 32 heavy (non-hydrogen) atoms. The van der Waals surface area contributed by atoms with Gasteiger partial charge in [-0.15, -0.1) is 0 Å². The van der Waals surface area contributed by atoms with Gasteiger partial charge in [-0.2, -0.15) is 0 Å². The smallest absolute Gasteiger partial charge is 0.263 e. The maximum absolute atomic E-state index is 12.8. The molecule has 0 aliphatic rings. The first-order valence-corrected chi connectivity index (χ1v) is 11.0. The van der Waals surface area contributed by atoms with Crippen molar-refractivity contribution in [2.45, 2.75) is 45.9 Å². The summed E-state index contributed by atoms with van der Waals surface area (Å²) >= 11 is 0. The summed E-state index contributed by atoms with van der Waals surface area (Å²) in [6, 6.07) is 18.5. The number of rotatable bonds is 13. The monoisotopic (exact) mass is 442 g/mol. The van der Waals surface area contributed by atoms with Gasteiger partial charge < -0.3 is 24.4 Å². The average Bonchev–Trinajstić information content (AvgIpc) is 2.79. The van der Waals surface area contributed by atoms with Crippen molar-refractivity contribution in [1.82, 2.24) is 10.2 Å². The van der Waals surface area contributed by atoms with Crippen molar-refractivity contribution in [3.63, 3.8) is 0 Å². The molecule has 0 unspecified atom stereocenters. The van der Waals surface area contributed by atoms with E-state index in [2.05, 4.69) is 5.32 Å². The van der Waals surface area contributed by atoms with Crippen molar-refractivity contribution in [2.75, 3.05) is 26.3 Å². The fourth-order valence-electron chi connectivity index (χ4n) is 3.02. The molecule has 7 heteroatoms. The van der Waals surface area contributed by atoms with E-state index in [1.165, 1.54) is 0 Å². The molecular formula is C25H34N2O5. The lowest BCUT2D eigenvalue weighted by Crippen LogP contribution is -2.46. The molecule has 2 aromatic carbocycles. The zero-order chi connectivity index (χ0) is 23.3. The lowest BCUT2D eigenvalue weighted by atomic mass is 10.2. The maximum atomic E-state index is 12.8. The summed E-state index contributed by atoms with van der Waals surface area (Å²) in [6.45, 7) is 8.90. The number of carbonyl (C=O) groups is 2. The molecule has 2 aromatic rings. The van der Waals surface area contributed by atoms with E-state index in [9.17, 15) is 9.59 Å². The van der Waals surface area contributed by atoms with Crippen LogP contribution < -0.4 is 14.8 Å². The van der Waals surface area contributed by atoms with E-state index in [0.717, 1.165) is 0 Å². The van der Waals surface area contributed by atoms with Gasteiger partial charge >= 0.3 is 0 Å². The van der Waals surface area contributed by atoms with Gasteiger partial charge in [-0.25, -0.2) is 0 Å². The van der Waals surface area contributed by atoms with Crippen molar-refractivity contribution < 1.29 is 23.8 Å². The number of amides is 2. The zero-order valence-electron chi connectivity index (χ0n) is 19.3. The lowest BCUT2D eigenvalue weighted by molar-refractivity contribution is -0.140. The van der Waals surface area contributed by atoms with E-state index in [1.54, 1.807) is 30.9 Å². The SMILES string of the molecule is CC(C)N(CCOCCNC(=O)[C@H](C)Oc1ccccc1)C(=O)[C@H](C)Oc1ccccc1. The van der Waals surface area contributed by atoms with E-state index in [4.69, 9.17) is 14.2 Å². The van der Waals surface area contributed by atoms with Crippen molar-refractivity contribution in [1.29, 1.82) is 0 Å². The molecule has 0 aliphatic heterocycles. The second-order valence-electron chi connectivity index (χ2n) is 7.68. The third kappa shape index (κ3) is 8.59. The topological polar surface area (TPSA) is 77.1 Å². The van der Waals surface area contributed by atoms with Crippen LogP contribution in [0, 0.1) is 0 Å². The highest BCUT2D eigenvalue weighted by Crippen LogP contribution is 2.13. The number of nitrogens with zero attached hydrogens (tertiary/aromatic N) is 1. The Labute approximate surface area is 190 Å². The predicted molar refractivity (Wildman–Crippen MR) is 124 cm³/mol. The van der Waals surface area contributed by atoms with Gasteiger partial charge in [0.2, 0.25) is 0 Å². The van der Waals surface area contributed by atoms with Crippen molar-refractivity contribution in [3.8, 4) is 11.5 Å². The van der Waals surface area contributed by atoms with Gasteiger partial charge in [0.05, 0.1) is 13.2 Å². The summed E-state index contributed by atoms with van der Waals surface area (Å²) in [5.74, 6) is 1.01. The van der Waals surface area contributed by atoms with Crippen LogP contribution >= 0.6 is 0 Å². The largest absolute Gasteiger partial charge is 0.481 e. The molecule has 0 saturated carbocycles. The summed E-state index contributed by atoms with van der Waals surface area (Å²) < 4.78 is 17.0. The molecule has 0 aromatic heterocycles. The number of nitrogens with one attached hydrogen (secondary N) is 1. The van der Waals surface area contributed by atoms with Crippen molar-refractivity contribution in [3.05, 3.63) is 60.7 Å². The summed E-state index contributed by atoms with van der Waals surface area (Å²) in [5.41, 5.74) is 0. The van der Waals surface area contributed by atoms with Crippen LogP contribution in [-0.2, 0) is 14.3 Å². The molecule has 2 rings (SSSR count). The van der Waals surface area contributed by atoms with Gasteiger partial charge in [-0.3, -0.25) is 9.59 Å². The molecule has 1 N–H and O–H groups in total. The lowest BCUT2D eigenvalue weighted by Gasteiger charge is -2.29. The quantitative estimate of drug-likeness (QED) is 0.482. The third-order valence-corrected chi connectivity index (χ3v) is 4.76. The van der Waals surface area contributed by atoms with Gasteiger partial charge in [0.15, 0.2) is 12.2 Å². The molecule has 0 radical (unpaired) electrons. The van der Waals surface area contributed by atoms with Crippen molar-refractivity contribution >= 4 is 11.8 Å².